The molecule has 0 radical (unpaired) electrons. The van der Waals surface area contributed by atoms with Gasteiger partial charge in [0.2, 0.25) is 0 Å². The summed E-state index contributed by atoms with van der Waals surface area (Å²) in [6, 6.07) is 2.24. The highest BCUT2D eigenvalue weighted by atomic mass is 15.2. The zero-order chi connectivity index (χ0) is 15.6. The van der Waals surface area contributed by atoms with Crippen LogP contribution in [-0.2, 0) is 0 Å². The molecule has 0 aromatic carbocycles. The van der Waals surface area contributed by atoms with Crippen molar-refractivity contribution >= 4 is 0 Å². The Balaban J connectivity index is 1.81. The maximum atomic E-state index is 4.02. The monoisotopic (exact) mass is 294 g/mol. The third kappa shape index (κ3) is 4.22. The summed E-state index contributed by atoms with van der Waals surface area (Å²) >= 11 is 0. The standard InChI is InChI=1S/C19H38N2/c1-7-19(4,5)16-8-10-17(11-9-16)20-18-12-15(3)21(6)13-14(18)2/h14-18,20H,7-13H2,1-6H3. The molecule has 0 spiro atoms. The number of piperidine rings is 1. The molecule has 21 heavy (non-hydrogen) atoms. The molecule has 3 unspecified atom stereocenters. The topological polar surface area (TPSA) is 15.3 Å². The van der Waals surface area contributed by atoms with Gasteiger partial charge in [0.1, 0.15) is 0 Å². The molecule has 0 amide bonds. The van der Waals surface area contributed by atoms with Crippen molar-refractivity contribution in [1.29, 1.82) is 0 Å². The van der Waals surface area contributed by atoms with Crippen LogP contribution in [-0.4, -0.2) is 36.6 Å². The fraction of sp³-hybridized carbons (Fsp3) is 1.00. The van der Waals surface area contributed by atoms with Gasteiger partial charge >= 0.3 is 0 Å². The molecular weight excluding hydrogens is 256 g/mol. The maximum Gasteiger partial charge on any atom is 0.0122 e. The summed E-state index contributed by atoms with van der Waals surface area (Å²) in [5.74, 6) is 1.73. The van der Waals surface area contributed by atoms with E-state index >= 15 is 0 Å². The first-order chi connectivity index (χ1) is 9.83. The van der Waals surface area contributed by atoms with Crippen LogP contribution in [0.2, 0.25) is 0 Å². The smallest absolute Gasteiger partial charge is 0.0122 e. The highest BCUT2D eigenvalue weighted by Crippen LogP contribution is 2.40. The molecule has 1 heterocycles. The van der Waals surface area contributed by atoms with Crippen molar-refractivity contribution in [2.24, 2.45) is 17.3 Å². The molecule has 2 nitrogen and oxygen atoms in total. The highest BCUT2D eigenvalue weighted by Gasteiger charge is 2.34. The van der Waals surface area contributed by atoms with Crippen LogP contribution in [0.1, 0.15) is 73.1 Å². The molecule has 0 aromatic rings. The lowest BCUT2D eigenvalue weighted by Gasteiger charge is -2.44. The summed E-state index contributed by atoms with van der Waals surface area (Å²) in [5.41, 5.74) is 0.542. The largest absolute Gasteiger partial charge is 0.311 e. The summed E-state index contributed by atoms with van der Waals surface area (Å²) in [6.45, 7) is 13.3. The lowest BCUT2D eigenvalue weighted by Crippen LogP contribution is -2.53. The molecule has 2 heteroatoms. The Hall–Kier alpha value is -0.0800. The molecular formula is C19H38N2. The van der Waals surface area contributed by atoms with Crippen molar-refractivity contribution in [2.75, 3.05) is 13.6 Å². The Labute approximate surface area is 133 Å². The van der Waals surface area contributed by atoms with Gasteiger partial charge in [0.25, 0.3) is 0 Å². The molecule has 2 fully saturated rings. The normalized spacial score (nSPS) is 39.4. The molecule has 1 aliphatic heterocycles. The maximum absolute atomic E-state index is 4.02. The van der Waals surface area contributed by atoms with Crippen LogP contribution in [0, 0.1) is 17.3 Å². The van der Waals surface area contributed by atoms with Crippen molar-refractivity contribution in [3.05, 3.63) is 0 Å². The van der Waals surface area contributed by atoms with Gasteiger partial charge in [-0.25, -0.2) is 0 Å². The fourth-order valence-corrected chi connectivity index (χ4v) is 4.41. The lowest BCUT2D eigenvalue weighted by atomic mass is 9.68. The van der Waals surface area contributed by atoms with Crippen molar-refractivity contribution in [2.45, 2.75) is 91.3 Å². The van der Waals surface area contributed by atoms with E-state index in [1.54, 1.807) is 0 Å². The molecule has 2 rings (SSSR count). The van der Waals surface area contributed by atoms with Gasteiger partial charge in [0.05, 0.1) is 0 Å². The van der Waals surface area contributed by atoms with Crippen LogP contribution in [0.4, 0.5) is 0 Å². The Kier molecular flexibility index (Phi) is 5.76. The van der Waals surface area contributed by atoms with Crippen molar-refractivity contribution in [3.63, 3.8) is 0 Å². The van der Waals surface area contributed by atoms with Gasteiger partial charge in [-0.05, 0) is 63.3 Å². The van der Waals surface area contributed by atoms with Gasteiger partial charge in [-0.3, -0.25) is 0 Å². The SMILES string of the molecule is CCC(C)(C)C1CCC(NC2CC(C)N(C)CC2C)CC1. The summed E-state index contributed by atoms with van der Waals surface area (Å²) < 4.78 is 0. The van der Waals surface area contributed by atoms with Crippen molar-refractivity contribution in [3.8, 4) is 0 Å². The van der Waals surface area contributed by atoms with E-state index in [4.69, 9.17) is 0 Å². The number of nitrogens with one attached hydrogen (secondary N) is 1. The first-order valence-corrected chi connectivity index (χ1v) is 9.29. The van der Waals surface area contributed by atoms with Crippen LogP contribution in [0.3, 0.4) is 0 Å². The third-order valence-corrected chi connectivity index (χ3v) is 6.80. The second-order valence-corrected chi connectivity index (χ2v) is 8.67. The number of nitrogens with zero attached hydrogens (tertiary/aromatic N) is 1. The van der Waals surface area contributed by atoms with E-state index in [0.717, 1.165) is 30.0 Å². The van der Waals surface area contributed by atoms with Gasteiger partial charge in [-0.15, -0.1) is 0 Å². The average molecular weight is 295 g/mol. The molecule has 1 aliphatic carbocycles. The summed E-state index contributed by atoms with van der Waals surface area (Å²) in [6.07, 6.45) is 8.27. The molecule has 1 saturated carbocycles. The van der Waals surface area contributed by atoms with Crippen LogP contribution in [0.5, 0.6) is 0 Å². The molecule has 0 bridgehead atoms. The van der Waals surface area contributed by atoms with E-state index in [1.165, 1.54) is 45.1 Å². The second kappa shape index (κ2) is 7.00. The van der Waals surface area contributed by atoms with Crippen molar-refractivity contribution < 1.29 is 0 Å². The average Bonchev–Trinajstić information content (AvgIpc) is 2.45. The molecule has 2 aliphatic rings. The summed E-state index contributed by atoms with van der Waals surface area (Å²) in [7, 11) is 2.27. The van der Waals surface area contributed by atoms with Gasteiger partial charge < -0.3 is 10.2 Å². The van der Waals surface area contributed by atoms with E-state index in [2.05, 4.69) is 51.9 Å². The van der Waals surface area contributed by atoms with Crippen LogP contribution >= 0.6 is 0 Å². The highest BCUT2D eigenvalue weighted by molar-refractivity contribution is 4.91. The summed E-state index contributed by atoms with van der Waals surface area (Å²) in [4.78, 5) is 2.52. The van der Waals surface area contributed by atoms with Crippen LogP contribution in [0.25, 0.3) is 0 Å². The van der Waals surface area contributed by atoms with Crippen molar-refractivity contribution in [1.82, 2.24) is 10.2 Å². The Morgan fingerprint density at radius 1 is 1.10 bits per heavy atom. The molecule has 1 saturated heterocycles. The Morgan fingerprint density at radius 3 is 2.29 bits per heavy atom. The minimum absolute atomic E-state index is 0.542. The van der Waals surface area contributed by atoms with E-state index in [9.17, 15) is 0 Å². The number of hydrogen-bond acceptors (Lipinski definition) is 2. The third-order valence-electron chi connectivity index (χ3n) is 6.80. The molecule has 1 N–H and O–H groups in total. The van der Waals surface area contributed by atoms with E-state index in [-0.39, 0.29) is 0 Å². The van der Waals surface area contributed by atoms with E-state index in [0.29, 0.717) is 5.41 Å². The second-order valence-electron chi connectivity index (χ2n) is 8.67. The Bertz CT molecular complexity index is 318. The van der Waals surface area contributed by atoms with Gasteiger partial charge in [0, 0.05) is 24.7 Å². The van der Waals surface area contributed by atoms with Gasteiger partial charge in [-0.2, -0.15) is 0 Å². The zero-order valence-corrected chi connectivity index (χ0v) is 15.3. The predicted octanol–water partition coefficient (Wildman–Crippen LogP) is 4.30. The predicted molar refractivity (Wildman–Crippen MR) is 92.6 cm³/mol. The quantitative estimate of drug-likeness (QED) is 0.831. The summed E-state index contributed by atoms with van der Waals surface area (Å²) in [5, 5.41) is 4.02. The van der Waals surface area contributed by atoms with E-state index < -0.39 is 0 Å². The minimum atomic E-state index is 0.542. The first kappa shape index (κ1) is 17.3. The number of hydrogen-bond donors (Lipinski definition) is 1. The molecule has 124 valence electrons. The Morgan fingerprint density at radius 2 is 1.71 bits per heavy atom. The first-order valence-electron chi connectivity index (χ1n) is 9.29. The fourth-order valence-electron chi connectivity index (χ4n) is 4.41. The van der Waals surface area contributed by atoms with Crippen LogP contribution in [0.15, 0.2) is 0 Å². The molecule has 3 atom stereocenters. The van der Waals surface area contributed by atoms with E-state index in [1.807, 2.05) is 0 Å². The minimum Gasteiger partial charge on any atom is -0.311 e. The number of likely N-dealkylation sites (tertiary alicyclic amines) is 1. The van der Waals surface area contributed by atoms with Gasteiger partial charge in [0.15, 0.2) is 0 Å². The van der Waals surface area contributed by atoms with Crippen LogP contribution < -0.4 is 5.32 Å². The number of rotatable bonds is 4. The van der Waals surface area contributed by atoms with Gasteiger partial charge in [-0.1, -0.05) is 34.1 Å². The lowest BCUT2D eigenvalue weighted by molar-refractivity contribution is 0.0954. The molecule has 0 aromatic heterocycles. The zero-order valence-electron chi connectivity index (χ0n) is 15.3.